The molecular weight excluding hydrogens is 416 g/mol. The van der Waals surface area contributed by atoms with Gasteiger partial charge in [-0.25, -0.2) is 4.98 Å². The number of hydrogen-bond donors (Lipinski definition) is 1. The second-order valence-corrected chi connectivity index (χ2v) is 9.57. The fourth-order valence-electron chi connectivity index (χ4n) is 3.52. The van der Waals surface area contributed by atoms with E-state index in [0.29, 0.717) is 10.3 Å². The third kappa shape index (κ3) is 4.11. The Bertz CT molecular complexity index is 1130. The first-order valence-electron chi connectivity index (χ1n) is 9.58. The summed E-state index contributed by atoms with van der Waals surface area (Å²) in [6.07, 6.45) is 0.0967. The third-order valence-corrected chi connectivity index (χ3v) is 7.09. The zero-order valence-corrected chi connectivity index (χ0v) is 18.9. The van der Waals surface area contributed by atoms with Crippen molar-refractivity contribution in [1.29, 1.82) is 0 Å². The van der Waals surface area contributed by atoms with Crippen LogP contribution in [0.3, 0.4) is 0 Å². The van der Waals surface area contributed by atoms with E-state index in [1.807, 2.05) is 57.2 Å². The van der Waals surface area contributed by atoms with E-state index in [4.69, 9.17) is 0 Å². The molecule has 1 aromatic heterocycles. The Hall–Kier alpha value is -2.71. The second kappa shape index (κ2) is 8.20. The molecule has 30 heavy (non-hydrogen) atoms. The number of carbonyl (C=O) groups is 2. The lowest BCUT2D eigenvalue weighted by atomic mass is 10.0. The molecule has 154 valence electrons. The Labute approximate surface area is 183 Å². The zero-order chi connectivity index (χ0) is 21.4. The van der Waals surface area contributed by atoms with Crippen molar-refractivity contribution in [1.82, 2.24) is 9.88 Å². The molecule has 3 aromatic rings. The van der Waals surface area contributed by atoms with E-state index >= 15 is 0 Å². The van der Waals surface area contributed by atoms with E-state index in [9.17, 15) is 9.59 Å². The molecule has 1 N–H and O–H groups in total. The molecule has 2 heterocycles. The summed E-state index contributed by atoms with van der Waals surface area (Å²) in [4.78, 5) is 35.9. The normalized spacial score (nSPS) is 17.9. The van der Waals surface area contributed by atoms with Crippen LogP contribution in [0.4, 0.5) is 10.8 Å². The molecular formula is C22H22N4O2S2. The predicted octanol–water partition coefficient (Wildman–Crippen LogP) is 4.81. The quantitative estimate of drug-likeness (QED) is 0.634. The number of amidine groups is 1. The summed E-state index contributed by atoms with van der Waals surface area (Å²) in [7, 11) is 1.69. The Morgan fingerprint density at radius 1 is 1.20 bits per heavy atom. The van der Waals surface area contributed by atoms with Crippen molar-refractivity contribution in [2.45, 2.75) is 32.4 Å². The topological polar surface area (TPSA) is 74.7 Å². The van der Waals surface area contributed by atoms with E-state index in [2.05, 4.69) is 15.3 Å². The minimum atomic E-state index is -0.491. The van der Waals surface area contributed by atoms with Gasteiger partial charge in [-0.3, -0.25) is 14.5 Å². The highest BCUT2D eigenvalue weighted by Gasteiger charge is 2.37. The average molecular weight is 439 g/mol. The average Bonchev–Trinajstić information content (AvgIpc) is 3.21. The van der Waals surface area contributed by atoms with E-state index in [0.717, 1.165) is 32.6 Å². The molecule has 8 heteroatoms. The number of para-hydroxylation sites is 1. The Balaban J connectivity index is 1.48. The van der Waals surface area contributed by atoms with E-state index in [1.54, 1.807) is 7.05 Å². The monoisotopic (exact) mass is 438 g/mol. The molecule has 1 unspecified atom stereocenters. The number of anilines is 1. The van der Waals surface area contributed by atoms with Gasteiger partial charge < -0.3 is 5.32 Å². The first kappa shape index (κ1) is 20.6. The molecule has 4 rings (SSSR count). The molecule has 0 spiro atoms. The third-order valence-electron chi connectivity index (χ3n) is 4.93. The van der Waals surface area contributed by atoms with Gasteiger partial charge in [0.2, 0.25) is 16.9 Å². The van der Waals surface area contributed by atoms with Crippen LogP contribution in [0.1, 0.15) is 23.1 Å². The smallest absolute Gasteiger partial charge is 0.242 e. The van der Waals surface area contributed by atoms with Crippen LogP contribution in [-0.4, -0.2) is 39.2 Å². The molecule has 0 radical (unpaired) electrons. The van der Waals surface area contributed by atoms with Crippen LogP contribution in [0.5, 0.6) is 0 Å². The number of fused-ring (bicyclic) bond motifs is 1. The van der Waals surface area contributed by atoms with Gasteiger partial charge in [-0.05, 0) is 44.0 Å². The summed E-state index contributed by atoms with van der Waals surface area (Å²) >= 11 is 2.79. The van der Waals surface area contributed by atoms with Gasteiger partial charge in [-0.2, -0.15) is 4.99 Å². The summed E-state index contributed by atoms with van der Waals surface area (Å²) in [5.74, 6) is -0.294. The Kier molecular flexibility index (Phi) is 5.62. The lowest BCUT2D eigenvalue weighted by Gasteiger charge is -2.14. The van der Waals surface area contributed by atoms with Crippen LogP contribution < -0.4 is 5.32 Å². The van der Waals surface area contributed by atoms with Gasteiger partial charge >= 0.3 is 0 Å². The number of amides is 2. The fourth-order valence-corrected chi connectivity index (χ4v) is 5.55. The number of aliphatic imine (C=N–C) groups is 1. The van der Waals surface area contributed by atoms with Crippen molar-refractivity contribution in [3.05, 3.63) is 53.1 Å². The summed E-state index contributed by atoms with van der Waals surface area (Å²) in [5, 5.41) is 3.66. The highest BCUT2D eigenvalue weighted by molar-refractivity contribution is 8.15. The molecule has 1 atom stereocenters. The van der Waals surface area contributed by atoms with E-state index in [1.165, 1.54) is 28.0 Å². The molecule has 1 aliphatic rings. The predicted molar refractivity (Wildman–Crippen MR) is 125 cm³/mol. The van der Waals surface area contributed by atoms with Gasteiger partial charge in [0.1, 0.15) is 5.25 Å². The molecule has 0 saturated carbocycles. The van der Waals surface area contributed by atoms with Crippen molar-refractivity contribution >= 4 is 61.1 Å². The number of rotatable bonds is 4. The van der Waals surface area contributed by atoms with Crippen LogP contribution in [0.15, 0.2) is 41.4 Å². The molecule has 1 aliphatic heterocycles. The zero-order valence-electron chi connectivity index (χ0n) is 17.2. The highest BCUT2D eigenvalue weighted by atomic mass is 32.2. The maximum Gasteiger partial charge on any atom is 0.242 e. The number of thiazole rings is 1. The minimum absolute atomic E-state index is 0.0967. The number of carbonyl (C=O) groups excluding carboxylic acids is 2. The van der Waals surface area contributed by atoms with Gasteiger partial charge in [-0.15, -0.1) is 0 Å². The summed E-state index contributed by atoms with van der Waals surface area (Å²) < 4.78 is 1.05. The molecule has 1 saturated heterocycles. The van der Waals surface area contributed by atoms with Crippen LogP contribution in [0.25, 0.3) is 10.2 Å². The van der Waals surface area contributed by atoms with Crippen LogP contribution in [0, 0.1) is 20.8 Å². The summed E-state index contributed by atoms with van der Waals surface area (Å²) in [5.41, 5.74) is 4.89. The Morgan fingerprint density at radius 2 is 1.90 bits per heavy atom. The highest BCUT2D eigenvalue weighted by Crippen LogP contribution is 2.34. The van der Waals surface area contributed by atoms with Gasteiger partial charge in [0.05, 0.1) is 10.2 Å². The molecule has 0 aliphatic carbocycles. The van der Waals surface area contributed by atoms with Crippen molar-refractivity contribution in [3.8, 4) is 0 Å². The number of thioether (sulfide) groups is 1. The standard InChI is InChI=1S/C22H22N4O2S2/c1-12-9-13(2)19(14(3)10-12)24-18(27)11-17-20(28)26(4)22(30-17)25-21-23-15-7-5-6-8-16(15)29-21/h5-10,17H,11H2,1-4H3,(H,24,27)/b25-22-. The Morgan fingerprint density at radius 3 is 2.60 bits per heavy atom. The van der Waals surface area contributed by atoms with Crippen LogP contribution in [-0.2, 0) is 9.59 Å². The molecule has 6 nitrogen and oxygen atoms in total. The van der Waals surface area contributed by atoms with E-state index in [-0.39, 0.29) is 18.2 Å². The van der Waals surface area contributed by atoms with Gasteiger partial charge in [0, 0.05) is 19.2 Å². The van der Waals surface area contributed by atoms with Crippen LogP contribution >= 0.6 is 23.1 Å². The fraction of sp³-hybridized carbons (Fsp3) is 0.273. The molecule has 0 bridgehead atoms. The number of nitrogens with one attached hydrogen (secondary N) is 1. The lowest BCUT2D eigenvalue weighted by molar-refractivity contribution is -0.127. The summed E-state index contributed by atoms with van der Waals surface area (Å²) in [6.45, 7) is 5.98. The van der Waals surface area contributed by atoms with E-state index < -0.39 is 5.25 Å². The number of nitrogens with zero attached hydrogens (tertiary/aromatic N) is 3. The lowest BCUT2D eigenvalue weighted by Crippen LogP contribution is -2.30. The molecule has 1 fully saturated rings. The largest absolute Gasteiger partial charge is 0.326 e. The maximum atomic E-state index is 12.7. The van der Waals surface area contributed by atoms with Crippen molar-refractivity contribution in [2.75, 3.05) is 12.4 Å². The number of benzene rings is 2. The van der Waals surface area contributed by atoms with Crippen molar-refractivity contribution in [2.24, 2.45) is 4.99 Å². The second-order valence-electron chi connectivity index (χ2n) is 7.39. The van der Waals surface area contributed by atoms with Crippen molar-refractivity contribution < 1.29 is 9.59 Å². The van der Waals surface area contributed by atoms with Gasteiger partial charge in [0.15, 0.2) is 5.17 Å². The first-order valence-corrected chi connectivity index (χ1v) is 11.3. The van der Waals surface area contributed by atoms with Gasteiger partial charge in [-0.1, -0.05) is 52.9 Å². The number of hydrogen-bond acceptors (Lipinski definition) is 6. The number of aromatic nitrogens is 1. The molecule has 2 amide bonds. The SMILES string of the molecule is Cc1cc(C)c(NC(=O)CC2S/C(=N\c3nc4ccccc4s3)N(C)C2=O)c(C)c1. The maximum absolute atomic E-state index is 12.7. The number of aryl methyl sites for hydroxylation is 3. The summed E-state index contributed by atoms with van der Waals surface area (Å²) in [6, 6.07) is 11.9. The van der Waals surface area contributed by atoms with Crippen LogP contribution in [0.2, 0.25) is 0 Å². The van der Waals surface area contributed by atoms with Gasteiger partial charge in [0.25, 0.3) is 0 Å². The molecule has 2 aromatic carbocycles. The van der Waals surface area contributed by atoms with Crippen molar-refractivity contribution in [3.63, 3.8) is 0 Å². The minimum Gasteiger partial charge on any atom is -0.326 e. The first-order chi connectivity index (χ1) is 14.3.